The standard InChI is InChI=1S/C37H53ClN4O6SSi/c1-37(2,3)50(5,6)48-33-12-8-10-20-42(24-35(43)39-4)49(45,46)40-36(44)27-15-18-34-32(22-27)41(23-28-14-17-31(28)33)19-9-7-11-26-21-30(38)16-13-29(26)25-47-34/h8,12-13,15-16,18,21-22,28,31,33H,7,9-11,14,17,19-20,23-25H2,1-6H3,(H,39,43)(H,40,44)/b12-8+/t28-,31+,33?/m0/s1. The highest BCUT2D eigenvalue weighted by Crippen LogP contribution is 2.45. The summed E-state index contributed by atoms with van der Waals surface area (Å²) in [5, 5.41) is 3.20. The lowest BCUT2D eigenvalue weighted by Crippen LogP contribution is -2.50. The lowest BCUT2D eigenvalue weighted by molar-refractivity contribution is -0.120. The fourth-order valence-electron chi connectivity index (χ4n) is 6.62. The number of nitrogens with zero attached hydrogens (tertiary/aromatic N) is 2. The van der Waals surface area contributed by atoms with E-state index in [1.165, 1.54) is 7.05 Å². The first-order chi connectivity index (χ1) is 23.6. The highest BCUT2D eigenvalue weighted by molar-refractivity contribution is 7.87. The largest absolute Gasteiger partial charge is 0.487 e. The number of aryl methyl sites for hydroxylation is 1. The van der Waals surface area contributed by atoms with E-state index in [2.05, 4.69) is 54.9 Å². The summed E-state index contributed by atoms with van der Waals surface area (Å²) in [7, 11) is -5.08. The minimum absolute atomic E-state index is 0.0126. The number of benzene rings is 2. The van der Waals surface area contributed by atoms with Crippen molar-refractivity contribution in [2.24, 2.45) is 11.8 Å². The van der Waals surface area contributed by atoms with Crippen LogP contribution in [0.4, 0.5) is 5.69 Å². The van der Waals surface area contributed by atoms with Gasteiger partial charge in [0.15, 0.2) is 8.32 Å². The van der Waals surface area contributed by atoms with Gasteiger partial charge in [-0.15, -0.1) is 0 Å². The van der Waals surface area contributed by atoms with E-state index in [1.807, 2.05) is 24.3 Å². The molecule has 1 fully saturated rings. The Morgan fingerprint density at radius 2 is 1.88 bits per heavy atom. The number of nitrogens with one attached hydrogen (secondary N) is 2. The first-order valence-electron chi connectivity index (χ1n) is 17.7. The monoisotopic (exact) mass is 744 g/mol. The van der Waals surface area contributed by atoms with Gasteiger partial charge < -0.3 is 19.4 Å². The molecule has 1 unspecified atom stereocenters. The molecule has 50 heavy (non-hydrogen) atoms. The fraction of sp³-hybridized carbons (Fsp3) is 0.568. The molecular weight excluding hydrogens is 692 g/mol. The van der Waals surface area contributed by atoms with Gasteiger partial charge in [0.2, 0.25) is 5.91 Å². The van der Waals surface area contributed by atoms with Crippen LogP contribution in [0.15, 0.2) is 48.6 Å². The number of amides is 2. The Balaban J connectivity index is 1.57. The van der Waals surface area contributed by atoms with Gasteiger partial charge in [-0.3, -0.25) is 9.59 Å². The zero-order valence-corrected chi connectivity index (χ0v) is 32.8. The van der Waals surface area contributed by atoms with E-state index in [9.17, 15) is 18.0 Å². The predicted octanol–water partition coefficient (Wildman–Crippen LogP) is 6.46. The predicted molar refractivity (Wildman–Crippen MR) is 201 cm³/mol. The summed E-state index contributed by atoms with van der Waals surface area (Å²) >= 11 is 6.37. The summed E-state index contributed by atoms with van der Waals surface area (Å²) in [6.07, 6.45) is 9.13. The van der Waals surface area contributed by atoms with Crippen LogP contribution in [0.25, 0.3) is 0 Å². The summed E-state index contributed by atoms with van der Waals surface area (Å²) in [6, 6.07) is 11.0. The maximum absolute atomic E-state index is 13.6. The second-order valence-corrected chi connectivity index (χ2v) is 22.2. The van der Waals surface area contributed by atoms with Crippen molar-refractivity contribution in [3.8, 4) is 5.75 Å². The molecule has 3 atom stereocenters. The van der Waals surface area contributed by atoms with Gasteiger partial charge in [-0.1, -0.05) is 50.6 Å². The Kier molecular flexibility index (Phi) is 12.1. The highest BCUT2D eigenvalue weighted by Gasteiger charge is 2.44. The second kappa shape index (κ2) is 15.8. The molecule has 0 saturated heterocycles. The molecule has 2 aromatic carbocycles. The summed E-state index contributed by atoms with van der Waals surface area (Å²) in [4.78, 5) is 28.3. The number of likely N-dealkylation sites (N-methyl/N-ethyl adjacent to an activating group) is 1. The van der Waals surface area contributed by atoms with Gasteiger partial charge in [0.25, 0.3) is 5.91 Å². The third kappa shape index (κ3) is 9.11. The molecule has 1 saturated carbocycles. The molecule has 0 aromatic heterocycles. The maximum atomic E-state index is 13.6. The summed E-state index contributed by atoms with van der Waals surface area (Å²) < 4.78 is 44.0. The van der Waals surface area contributed by atoms with Crippen LogP contribution in [0.2, 0.25) is 23.2 Å². The molecule has 1 aliphatic carbocycles. The first-order valence-corrected chi connectivity index (χ1v) is 22.5. The van der Waals surface area contributed by atoms with Crippen molar-refractivity contribution in [2.75, 3.05) is 38.1 Å². The van der Waals surface area contributed by atoms with Gasteiger partial charge >= 0.3 is 10.2 Å². The average Bonchev–Trinajstić information content (AvgIpc) is 3.06. The number of carbonyl (C=O) groups excluding carboxylic acids is 2. The molecule has 2 aromatic rings. The van der Waals surface area contributed by atoms with Crippen LogP contribution in [-0.2, 0) is 32.5 Å². The van der Waals surface area contributed by atoms with Crippen LogP contribution in [0.3, 0.4) is 0 Å². The Morgan fingerprint density at radius 1 is 1.10 bits per heavy atom. The molecule has 2 N–H and O–H groups in total. The van der Waals surface area contributed by atoms with Gasteiger partial charge in [0, 0.05) is 37.3 Å². The number of carbonyl (C=O) groups is 2. The number of anilines is 1. The third-order valence-corrected chi connectivity index (χ3v) is 17.0. The first kappa shape index (κ1) is 38.3. The van der Waals surface area contributed by atoms with Gasteiger partial charge in [0.1, 0.15) is 12.4 Å². The van der Waals surface area contributed by atoms with E-state index in [4.69, 9.17) is 20.8 Å². The number of hydrogen-bond acceptors (Lipinski definition) is 7. The summed E-state index contributed by atoms with van der Waals surface area (Å²) in [5.41, 5.74) is 3.17. The van der Waals surface area contributed by atoms with E-state index in [1.54, 1.807) is 18.2 Å². The van der Waals surface area contributed by atoms with Gasteiger partial charge in [-0.2, -0.15) is 12.7 Å². The van der Waals surface area contributed by atoms with E-state index >= 15 is 0 Å². The second-order valence-electron chi connectivity index (χ2n) is 15.3. The lowest BCUT2D eigenvalue weighted by Gasteiger charge is -2.47. The molecular formula is C37H53ClN4O6SSi. The molecule has 10 nitrogen and oxygen atoms in total. The SMILES string of the molecule is CNC(=O)CN1CC/C=C/C(O[Si](C)(C)C(C)(C)C)[C@@H]2CC[C@H]2CN2CCCCc3cc(Cl)ccc3COc3ccc(cc32)C(=O)NS1(=O)=O. The van der Waals surface area contributed by atoms with Crippen molar-refractivity contribution in [3.05, 3.63) is 70.3 Å². The Bertz CT molecular complexity index is 1690. The Labute approximate surface area is 304 Å². The molecule has 0 spiro atoms. The van der Waals surface area contributed by atoms with Crippen molar-refractivity contribution in [1.82, 2.24) is 14.3 Å². The smallest absolute Gasteiger partial charge is 0.304 e. The highest BCUT2D eigenvalue weighted by atomic mass is 35.5. The van der Waals surface area contributed by atoms with Crippen molar-refractivity contribution >= 4 is 47.6 Å². The molecule has 0 radical (unpaired) electrons. The molecule has 274 valence electrons. The minimum Gasteiger partial charge on any atom is -0.487 e. The molecule has 2 aliphatic heterocycles. The van der Waals surface area contributed by atoms with E-state index in [0.717, 1.165) is 66.3 Å². The number of halogens is 1. The topological polar surface area (TPSA) is 117 Å². The number of ether oxygens (including phenoxy) is 1. The molecule has 2 heterocycles. The normalized spacial score (nSPS) is 24.3. The maximum Gasteiger partial charge on any atom is 0.304 e. The Hall–Kier alpha value is -2.90. The van der Waals surface area contributed by atoms with Crippen molar-refractivity contribution in [2.45, 2.75) is 90.1 Å². The quantitative estimate of drug-likeness (QED) is 0.273. The van der Waals surface area contributed by atoms with Crippen LogP contribution in [-0.4, -0.2) is 72.2 Å². The van der Waals surface area contributed by atoms with Crippen LogP contribution in [0.1, 0.15) is 74.4 Å². The van der Waals surface area contributed by atoms with E-state index < -0.39 is 36.9 Å². The van der Waals surface area contributed by atoms with Gasteiger partial charge in [-0.25, -0.2) is 4.72 Å². The zero-order chi connectivity index (χ0) is 36.3. The summed E-state index contributed by atoms with van der Waals surface area (Å²) in [5.74, 6) is 0.00646. The van der Waals surface area contributed by atoms with Crippen molar-refractivity contribution < 1.29 is 27.2 Å². The summed E-state index contributed by atoms with van der Waals surface area (Å²) in [6.45, 7) is 12.7. The van der Waals surface area contributed by atoms with Crippen molar-refractivity contribution in [3.63, 3.8) is 0 Å². The molecule has 13 heteroatoms. The van der Waals surface area contributed by atoms with Gasteiger partial charge in [-0.05, 0) is 110 Å². The molecule has 3 aliphatic rings. The lowest BCUT2D eigenvalue weighted by atomic mass is 9.70. The Morgan fingerprint density at radius 3 is 2.58 bits per heavy atom. The van der Waals surface area contributed by atoms with E-state index in [-0.39, 0.29) is 29.2 Å². The number of hydrogen-bond donors (Lipinski definition) is 2. The molecule has 2 bridgehead atoms. The van der Waals surface area contributed by atoms with Crippen molar-refractivity contribution in [1.29, 1.82) is 0 Å². The molecule has 5 rings (SSSR count). The number of rotatable bonds is 4. The fourth-order valence-corrected chi connectivity index (χ4v) is 9.21. The number of fused-ring (bicyclic) bond motifs is 3. The van der Waals surface area contributed by atoms with Crippen LogP contribution >= 0.6 is 11.6 Å². The van der Waals surface area contributed by atoms with Crippen LogP contribution < -0.4 is 19.7 Å². The van der Waals surface area contributed by atoms with Gasteiger partial charge in [0.05, 0.1) is 18.3 Å². The third-order valence-electron chi connectivity index (χ3n) is 10.9. The molecule has 2 amide bonds. The zero-order valence-electron chi connectivity index (χ0n) is 30.3. The van der Waals surface area contributed by atoms with Crippen LogP contribution in [0.5, 0.6) is 5.75 Å². The average molecular weight is 745 g/mol. The minimum atomic E-state index is -4.36. The van der Waals surface area contributed by atoms with E-state index in [0.29, 0.717) is 29.7 Å². The van der Waals surface area contributed by atoms with Crippen LogP contribution in [0, 0.1) is 11.8 Å².